The van der Waals surface area contributed by atoms with Crippen LogP contribution in [0.2, 0.25) is 10.0 Å². The van der Waals surface area contributed by atoms with E-state index in [1.807, 2.05) is 37.3 Å². The molecular weight excluding hydrogens is 455 g/mol. The van der Waals surface area contributed by atoms with Crippen molar-refractivity contribution in [3.05, 3.63) is 85.0 Å². The van der Waals surface area contributed by atoms with Gasteiger partial charge in [-0.2, -0.15) is 0 Å². The number of rotatable bonds is 8. The van der Waals surface area contributed by atoms with Gasteiger partial charge in [-0.05, 0) is 30.2 Å². The van der Waals surface area contributed by atoms with Crippen molar-refractivity contribution in [3.8, 4) is 5.75 Å². The summed E-state index contributed by atoms with van der Waals surface area (Å²) in [5, 5.41) is 0.683. The molecule has 0 atom stereocenters. The highest BCUT2D eigenvalue weighted by molar-refractivity contribution is 6.35. The first-order chi connectivity index (χ1) is 15.3. The summed E-state index contributed by atoms with van der Waals surface area (Å²) in [6.07, 6.45) is 0.546. The van der Waals surface area contributed by atoms with Crippen molar-refractivity contribution in [3.63, 3.8) is 0 Å². The van der Waals surface area contributed by atoms with Gasteiger partial charge in [0.2, 0.25) is 0 Å². The van der Waals surface area contributed by atoms with Crippen LogP contribution in [0.15, 0.2) is 58.1 Å². The molecule has 3 aromatic rings. The average molecular weight is 477 g/mol. The fourth-order valence-electron chi connectivity index (χ4n) is 3.16. The van der Waals surface area contributed by atoms with Crippen LogP contribution >= 0.6 is 23.2 Å². The molecule has 0 saturated heterocycles. The highest BCUT2D eigenvalue weighted by Crippen LogP contribution is 2.27. The van der Waals surface area contributed by atoms with Crippen LogP contribution in [0.5, 0.6) is 5.75 Å². The number of nitrogens with zero attached hydrogens (tertiary/aromatic N) is 2. The Labute approximate surface area is 194 Å². The number of hydrogen-bond acceptors (Lipinski definition) is 5. The van der Waals surface area contributed by atoms with E-state index in [0.717, 1.165) is 5.56 Å². The van der Waals surface area contributed by atoms with Crippen LogP contribution in [0.1, 0.15) is 18.9 Å². The van der Waals surface area contributed by atoms with Gasteiger partial charge in [0, 0.05) is 11.6 Å². The van der Waals surface area contributed by atoms with Gasteiger partial charge < -0.3 is 15.4 Å². The number of aromatic nitrogens is 2. The van der Waals surface area contributed by atoms with Crippen LogP contribution in [0.4, 0.5) is 11.5 Å². The third-order valence-electron chi connectivity index (χ3n) is 4.66. The SMILES string of the molecule is CCCN(C(=O)COc1ccc(Cl)cc1Cl)c1c(N)n(Cc2ccccc2)c(=O)[nH]c1=O. The molecule has 0 fully saturated rings. The van der Waals surface area contributed by atoms with Gasteiger partial charge in [0.25, 0.3) is 11.5 Å². The maximum Gasteiger partial charge on any atom is 0.330 e. The summed E-state index contributed by atoms with van der Waals surface area (Å²) < 4.78 is 6.75. The molecule has 0 radical (unpaired) electrons. The number of nitrogen functional groups attached to an aromatic ring is 1. The number of nitrogens with one attached hydrogen (secondary N) is 1. The fraction of sp³-hybridized carbons (Fsp3) is 0.227. The predicted molar refractivity (Wildman–Crippen MR) is 126 cm³/mol. The van der Waals surface area contributed by atoms with Crippen molar-refractivity contribution in [1.29, 1.82) is 0 Å². The summed E-state index contributed by atoms with van der Waals surface area (Å²) in [4.78, 5) is 41.5. The second kappa shape index (κ2) is 10.4. The number of nitrogens with two attached hydrogens (primary N) is 1. The zero-order valence-corrected chi connectivity index (χ0v) is 18.8. The average Bonchev–Trinajstić information content (AvgIpc) is 2.76. The van der Waals surface area contributed by atoms with E-state index >= 15 is 0 Å². The smallest absolute Gasteiger partial charge is 0.330 e. The monoisotopic (exact) mass is 476 g/mol. The van der Waals surface area contributed by atoms with E-state index < -0.39 is 23.8 Å². The van der Waals surface area contributed by atoms with Gasteiger partial charge in [0.1, 0.15) is 11.6 Å². The van der Waals surface area contributed by atoms with Crippen LogP contribution in [0.3, 0.4) is 0 Å². The third kappa shape index (κ3) is 5.33. The first-order valence-corrected chi connectivity index (χ1v) is 10.6. The van der Waals surface area contributed by atoms with E-state index in [1.54, 1.807) is 12.1 Å². The molecule has 1 aromatic heterocycles. The van der Waals surface area contributed by atoms with Crippen molar-refractivity contribution >= 4 is 40.6 Å². The first-order valence-electron chi connectivity index (χ1n) is 9.86. The van der Waals surface area contributed by atoms with Crippen molar-refractivity contribution in [1.82, 2.24) is 9.55 Å². The predicted octanol–water partition coefficient (Wildman–Crippen LogP) is 3.30. The minimum absolute atomic E-state index is 0.0989. The lowest BCUT2D eigenvalue weighted by Crippen LogP contribution is -2.43. The molecule has 0 aliphatic heterocycles. The molecule has 1 amide bonds. The summed E-state index contributed by atoms with van der Waals surface area (Å²) >= 11 is 12.0. The van der Waals surface area contributed by atoms with E-state index in [-0.39, 0.29) is 35.4 Å². The molecule has 3 N–H and O–H groups in total. The molecule has 0 spiro atoms. The van der Waals surface area contributed by atoms with Crippen LogP contribution < -0.4 is 26.6 Å². The number of hydrogen-bond donors (Lipinski definition) is 2. The Kier molecular flexibility index (Phi) is 7.61. The van der Waals surface area contributed by atoms with Crippen LogP contribution in [-0.2, 0) is 11.3 Å². The number of carbonyl (C=O) groups excluding carboxylic acids is 1. The van der Waals surface area contributed by atoms with E-state index in [2.05, 4.69) is 4.98 Å². The van der Waals surface area contributed by atoms with Gasteiger partial charge in [-0.15, -0.1) is 0 Å². The number of H-pyrrole nitrogens is 1. The summed E-state index contributed by atoms with van der Waals surface area (Å²) in [5.41, 5.74) is 5.53. The quantitative estimate of drug-likeness (QED) is 0.518. The maximum atomic E-state index is 13.0. The number of ether oxygens (including phenoxy) is 1. The van der Waals surface area contributed by atoms with Crippen molar-refractivity contribution in [2.75, 3.05) is 23.8 Å². The molecule has 0 aliphatic rings. The lowest BCUT2D eigenvalue weighted by Gasteiger charge is -2.24. The summed E-state index contributed by atoms with van der Waals surface area (Å²) in [7, 11) is 0. The molecular formula is C22H22Cl2N4O4. The highest BCUT2D eigenvalue weighted by atomic mass is 35.5. The Morgan fingerprint density at radius 2 is 1.88 bits per heavy atom. The second-order valence-corrected chi connectivity index (χ2v) is 7.82. The largest absolute Gasteiger partial charge is 0.482 e. The molecule has 0 aliphatic carbocycles. The minimum atomic E-state index is -0.747. The molecule has 3 rings (SSSR count). The molecule has 0 bridgehead atoms. The van der Waals surface area contributed by atoms with Crippen LogP contribution in [0.25, 0.3) is 0 Å². The number of carbonyl (C=O) groups is 1. The molecule has 1 heterocycles. The Bertz CT molecular complexity index is 1220. The van der Waals surface area contributed by atoms with Crippen molar-refractivity contribution in [2.24, 2.45) is 0 Å². The summed E-state index contributed by atoms with van der Waals surface area (Å²) in [5.74, 6) is -0.342. The molecule has 8 nitrogen and oxygen atoms in total. The van der Waals surface area contributed by atoms with Gasteiger partial charge in [0.15, 0.2) is 12.3 Å². The number of aromatic amines is 1. The topological polar surface area (TPSA) is 110 Å². The lowest BCUT2D eigenvalue weighted by atomic mass is 10.2. The highest BCUT2D eigenvalue weighted by Gasteiger charge is 2.24. The Morgan fingerprint density at radius 1 is 1.16 bits per heavy atom. The Balaban J connectivity index is 1.92. The number of amides is 1. The molecule has 0 unspecified atom stereocenters. The summed E-state index contributed by atoms with van der Waals surface area (Å²) in [6, 6.07) is 13.8. The summed E-state index contributed by atoms with van der Waals surface area (Å²) in [6.45, 7) is 1.80. The first kappa shape index (κ1) is 23.4. The van der Waals surface area contributed by atoms with E-state index in [4.69, 9.17) is 33.7 Å². The van der Waals surface area contributed by atoms with Crippen molar-refractivity contribution in [2.45, 2.75) is 19.9 Å². The number of halogens is 2. The normalized spacial score (nSPS) is 10.7. The fourth-order valence-corrected chi connectivity index (χ4v) is 3.62. The molecule has 168 valence electrons. The Hall–Kier alpha value is -3.23. The number of anilines is 2. The van der Waals surface area contributed by atoms with E-state index in [9.17, 15) is 14.4 Å². The number of benzene rings is 2. The van der Waals surface area contributed by atoms with Gasteiger partial charge in [-0.1, -0.05) is 60.5 Å². The maximum absolute atomic E-state index is 13.0. The van der Waals surface area contributed by atoms with Gasteiger partial charge in [-0.25, -0.2) is 4.79 Å². The van der Waals surface area contributed by atoms with Gasteiger partial charge >= 0.3 is 5.69 Å². The standard InChI is InChI=1S/C22H22Cl2N4O4/c1-2-10-27(18(29)13-32-17-9-8-15(23)11-16(17)24)19-20(25)28(22(31)26-21(19)30)12-14-6-4-3-5-7-14/h3-9,11H,2,10,12-13,25H2,1H3,(H,26,30,31). The van der Waals surface area contributed by atoms with Gasteiger partial charge in [-0.3, -0.25) is 19.1 Å². The second-order valence-electron chi connectivity index (χ2n) is 6.97. The zero-order valence-electron chi connectivity index (χ0n) is 17.3. The molecule has 32 heavy (non-hydrogen) atoms. The van der Waals surface area contributed by atoms with Gasteiger partial charge in [0.05, 0.1) is 11.6 Å². The molecule has 2 aromatic carbocycles. The zero-order chi connectivity index (χ0) is 23.3. The molecule has 0 saturated carbocycles. The van der Waals surface area contributed by atoms with Crippen LogP contribution in [0, 0.1) is 0 Å². The minimum Gasteiger partial charge on any atom is -0.482 e. The third-order valence-corrected chi connectivity index (χ3v) is 5.19. The van der Waals surface area contributed by atoms with E-state index in [0.29, 0.717) is 11.4 Å². The van der Waals surface area contributed by atoms with E-state index in [1.165, 1.54) is 15.5 Å². The Morgan fingerprint density at radius 3 is 2.53 bits per heavy atom. The van der Waals surface area contributed by atoms with Crippen LogP contribution in [-0.4, -0.2) is 28.6 Å². The lowest BCUT2D eigenvalue weighted by molar-refractivity contribution is -0.120. The van der Waals surface area contributed by atoms with Crippen molar-refractivity contribution < 1.29 is 9.53 Å². The molecule has 10 heteroatoms.